The van der Waals surface area contributed by atoms with Crippen molar-refractivity contribution in [1.82, 2.24) is 20.4 Å². The van der Waals surface area contributed by atoms with Crippen LogP contribution in [0.2, 0.25) is 5.02 Å². The van der Waals surface area contributed by atoms with E-state index < -0.39 is 29.7 Å². The Balaban J connectivity index is 0.772. The minimum Gasteiger partial charge on any atom is -0.490 e. The maximum atomic E-state index is 13.3. The molecule has 0 radical (unpaired) electrons. The summed E-state index contributed by atoms with van der Waals surface area (Å²) in [6.07, 6.45) is 5.55. The van der Waals surface area contributed by atoms with Crippen molar-refractivity contribution in [1.29, 1.82) is 0 Å². The van der Waals surface area contributed by atoms with Gasteiger partial charge in [-0.1, -0.05) is 17.7 Å². The number of carbonyl (C=O) groups excluding carboxylic acids is 5. The quantitative estimate of drug-likeness (QED) is 0.234. The Morgan fingerprint density at radius 3 is 2.12 bits per heavy atom. The van der Waals surface area contributed by atoms with Crippen LogP contribution in [-0.2, 0) is 9.59 Å². The Kier molecular flexibility index (Phi) is 10.7. The second kappa shape index (κ2) is 16.0. The molecule has 0 bridgehead atoms. The highest BCUT2D eigenvalue weighted by Gasteiger charge is 2.45. The summed E-state index contributed by atoms with van der Waals surface area (Å²) in [6, 6.07) is 18.0. The first-order valence-corrected chi connectivity index (χ1v) is 19.9. The minimum atomic E-state index is -0.973. The molecule has 3 aromatic rings. The highest BCUT2D eigenvalue weighted by Crippen LogP contribution is 2.34. The second-order valence-corrected chi connectivity index (χ2v) is 15.7. The second-order valence-electron chi connectivity index (χ2n) is 15.3. The first-order valence-electron chi connectivity index (χ1n) is 19.5. The van der Waals surface area contributed by atoms with Crippen LogP contribution < -0.4 is 25.2 Å². The van der Waals surface area contributed by atoms with Gasteiger partial charge in [-0.3, -0.25) is 39.1 Å². The van der Waals surface area contributed by atoms with E-state index in [1.165, 1.54) is 0 Å². The van der Waals surface area contributed by atoms with E-state index in [2.05, 4.69) is 30.2 Å². The minimum absolute atomic E-state index is 0.0473. The third kappa shape index (κ3) is 7.68. The van der Waals surface area contributed by atoms with Crippen LogP contribution in [0.1, 0.15) is 82.4 Å². The zero-order valence-corrected chi connectivity index (χ0v) is 31.8. The maximum absolute atomic E-state index is 13.3. The van der Waals surface area contributed by atoms with Crippen molar-refractivity contribution in [2.24, 2.45) is 0 Å². The van der Waals surface area contributed by atoms with Gasteiger partial charge in [0, 0.05) is 74.7 Å². The fourth-order valence-electron chi connectivity index (χ4n) is 8.75. The van der Waals surface area contributed by atoms with Crippen molar-refractivity contribution < 1.29 is 28.7 Å². The number of hydrogen-bond acceptors (Lipinski definition) is 9. The van der Waals surface area contributed by atoms with Crippen LogP contribution in [0.4, 0.5) is 17.1 Å². The molecule has 5 amide bonds. The van der Waals surface area contributed by atoms with Gasteiger partial charge in [0.15, 0.2) is 0 Å². The Bertz CT molecular complexity index is 2080. The van der Waals surface area contributed by atoms with Crippen molar-refractivity contribution >= 4 is 58.2 Å². The largest absolute Gasteiger partial charge is 0.490 e. The van der Waals surface area contributed by atoms with Crippen LogP contribution in [0.25, 0.3) is 4.85 Å². The fraction of sp³-hybridized carbons (Fsp3) is 0.429. The molecule has 0 spiro atoms. The van der Waals surface area contributed by atoms with Gasteiger partial charge in [0.05, 0.1) is 28.8 Å². The number of benzene rings is 3. The lowest BCUT2D eigenvalue weighted by atomic mass is 9.92. The third-order valence-corrected chi connectivity index (χ3v) is 12.2. The molecule has 1 unspecified atom stereocenters. The number of anilines is 2. The van der Waals surface area contributed by atoms with E-state index in [0.29, 0.717) is 39.2 Å². The average molecular weight is 778 g/mol. The normalized spacial score (nSPS) is 23.4. The lowest BCUT2D eigenvalue weighted by Gasteiger charge is -2.44. The van der Waals surface area contributed by atoms with Crippen LogP contribution in [0.3, 0.4) is 0 Å². The number of piperazine rings is 1. The van der Waals surface area contributed by atoms with Crippen LogP contribution in [0.15, 0.2) is 60.7 Å². The molecule has 13 nitrogen and oxygen atoms in total. The Morgan fingerprint density at radius 1 is 0.768 bits per heavy atom. The van der Waals surface area contributed by atoms with E-state index >= 15 is 0 Å². The summed E-state index contributed by atoms with van der Waals surface area (Å²) in [7, 11) is 0. The Labute approximate surface area is 330 Å². The smallest absolute Gasteiger partial charge is 0.262 e. The summed E-state index contributed by atoms with van der Waals surface area (Å²) < 4.78 is 6.10. The SMILES string of the molecule is [C-]#[N+]c1ccc(OC2CCC(NC(=O)c3ccc(N4CCN(C5CCN(c6ccc7c(c6)C(=O)N(C6CCC(=O)NC6=O)C7=O)CC5)CC4)cc3)CC2)cc1Cl. The molecular formula is C42H44ClN7O6. The number of halogens is 1. The van der Waals surface area contributed by atoms with Gasteiger partial charge in [-0.05, 0) is 99.5 Å². The highest BCUT2D eigenvalue weighted by atomic mass is 35.5. The third-order valence-electron chi connectivity index (χ3n) is 11.9. The molecule has 14 heteroatoms. The van der Waals surface area contributed by atoms with E-state index in [1.54, 1.807) is 30.3 Å². The first kappa shape index (κ1) is 37.5. The lowest BCUT2D eigenvalue weighted by molar-refractivity contribution is -0.136. The molecule has 4 fully saturated rings. The van der Waals surface area contributed by atoms with Crippen LogP contribution in [0, 0.1) is 6.57 Å². The predicted octanol–water partition coefficient (Wildman–Crippen LogP) is 5.20. The van der Waals surface area contributed by atoms with Crippen molar-refractivity contribution in [3.8, 4) is 5.75 Å². The van der Waals surface area contributed by atoms with E-state index in [-0.39, 0.29) is 30.9 Å². The van der Waals surface area contributed by atoms with Crippen molar-refractivity contribution in [3.05, 3.63) is 93.8 Å². The summed E-state index contributed by atoms with van der Waals surface area (Å²) in [5.41, 5.74) is 3.66. The molecule has 1 atom stereocenters. The van der Waals surface area contributed by atoms with Gasteiger partial charge >= 0.3 is 0 Å². The topological polar surface area (TPSA) is 136 Å². The molecule has 4 heterocycles. The van der Waals surface area contributed by atoms with Gasteiger partial charge in [-0.15, -0.1) is 0 Å². The predicted molar refractivity (Wildman–Crippen MR) is 210 cm³/mol. The van der Waals surface area contributed by atoms with E-state index in [0.717, 1.165) is 94.1 Å². The number of hydrogen-bond donors (Lipinski definition) is 2. The molecule has 5 aliphatic rings. The van der Waals surface area contributed by atoms with Crippen LogP contribution in [-0.4, -0.2) is 103 Å². The molecule has 3 aromatic carbocycles. The number of piperidine rings is 2. The van der Waals surface area contributed by atoms with Gasteiger partial charge < -0.3 is 19.9 Å². The monoisotopic (exact) mass is 777 g/mol. The maximum Gasteiger partial charge on any atom is 0.262 e. The summed E-state index contributed by atoms with van der Waals surface area (Å²) in [5.74, 6) is -1.37. The van der Waals surface area contributed by atoms with Gasteiger partial charge in [0.2, 0.25) is 17.5 Å². The Morgan fingerprint density at radius 2 is 1.45 bits per heavy atom. The molecule has 290 valence electrons. The highest BCUT2D eigenvalue weighted by molar-refractivity contribution is 6.33. The lowest BCUT2D eigenvalue weighted by Crippen LogP contribution is -2.54. The number of fused-ring (bicyclic) bond motifs is 1. The molecular weight excluding hydrogens is 734 g/mol. The van der Waals surface area contributed by atoms with Gasteiger partial charge in [-0.25, -0.2) is 4.85 Å². The van der Waals surface area contributed by atoms with Gasteiger partial charge in [-0.2, -0.15) is 0 Å². The molecule has 56 heavy (non-hydrogen) atoms. The Hall–Kier alpha value is -5.45. The van der Waals surface area contributed by atoms with Crippen molar-refractivity contribution in [2.45, 2.75) is 75.6 Å². The van der Waals surface area contributed by atoms with E-state index in [4.69, 9.17) is 22.9 Å². The summed E-state index contributed by atoms with van der Waals surface area (Å²) >= 11 is 6.16. The molecule has 4 aliphatic heterocycles. The summed E-state index contributed by atoms with van der Waals surface area (Å²) in [6.45, 7) is 12.5. The zero-order valence-electron chi connectivity index (χ0n) is 31.0. The number of amides is 5. The number of rotatable bonds is 8. The molecule has 1 saturated carbocycles. The molecule has 8 rings (SSSR count). The standard InChI is InChI=1S/C42H44ClN7O6/c1-44-36-13-11-32(25-35(36)43)56-31-9-4-27(5-10-31)45-39(52)26-2-6-28(7-3-26)48-20-22-49(23-21-48)29-16-18-47(19-17-29)30-8-12-33-34(24-30)42(55)50(41(33)54)37-14-15-38(51)46-40(37)53/h2-3,6-8,11-13,24-25,27,29,31,37H,4-5,9-10,14-23H2,(H,45,52)(H,46,51,53). The zero-order chi connectivity index (χ0) is 38.9. The van der Waals surface area contributed by atoms with Crippen LogP contribution in [0.5, 0.6) is 5.75 Å². The van der Waals surface area contributed by atoms with Crippen molar-refractivity contribution in [2.75, 3.05) is 49.1 Å². The number of imide groups is 2. The van der Waals surface area contributed by atoms with Crippen molar-refractivity contribution in [3.63, 3.8) is 0 Å². The molecule has 2 N–H and O–H groups in total. The van der Waals surface area contributed by atoms with E-state index in [1.807, 2.05) is 30.3 Å². The number of carbonyl (C=O) groups is 5. The van der Waals surface area contributed by atoms with Gasteiger partial charge in [0.1, 0.15) is 11.8 Å². The molecule has 3 saturated heterocycles. The number of nitrogens with zero attached hydrogens (tertiary/aromatic N) is 5. The fourth-order valence-corrected chi connectivity index (χ4v) is 8.96. The summed E-state index contributed by atoms with van der Waals surface area (Å²) in [5, 5.41) is 5.84. The first-order chi connectivity index (χ1) is 27.1. The van der Waals surface area contributed by atoms with Gasteiger partial charge in [0.25, 0.3) is 17.7 Å². The van der Waals surface area contributed by atoms with E-state index in [9.17, 15) is 24.0 Å². The summed E-state index contributed by atoms with van der Waals surface area (Å²) in [4.78, 5) is 75.2. The van der Waals surface area contributed by atoms with Crippen LogP contribution >= 0.6 is 11.6 Å². The average Bonchev–Trinajstić information content (AvgIpc) is 3.46. The molecule has 1 aliphatic carbocycles. The molecule has 0 aromatic heterocycles. The number of nitrogens with one attached hydrogen (secondary N) is 2. The number of ether oxygens (including phenoxy) is 1.